The molecule has 2 N–H and O–H groups in total. The largest absolute Gasteiger partial charge is 0.481 e. The van der Waals surface area contributed by atoms with Crippen molar-refractivity contribution in [2.24, 2.45) is 0 Å². The molecule has 0 radical (unpaired) electrons. The quantitative estimate of drug-likeness (QED) is 0.772. The summed E-state index contributed by atoms with van der Waals surface area (Å²) in [6.07, 6.45) is 4.40. The highest BCUT2D eigenvalue weighted by molar-refractivity contribution is 5.66. The maximum absolute atomic E-state index is 10.4. The minimum absolute atomic E-state index is 0.186. The van der Waals surface area contributed by atoms with Crippen LogP contribution in [0.2, 0.25) is 0 Å². The first-order valence-electron chi connectivity index (χ1n) is 5.47. The summed E-state index contributed by atoms with van der Waals surface area (Å²) in [6, 6.07) is 4.29. The number of carboxylic acid groups (broad SMARTS) is 1. The van der Waals surface area contributed by atoms with Gasteiger partial charge < -0.3 is 10.4 Å². The van der Waals surface area contributed by atoms with E-state index in [4.69, 9.17) is 5.11 Å². The van der Waals surface area contributed by atoms with Crippen molar-refractivity contribution in [2.45, 2.75) is 38.8 Å². The number of hydrogen-bond donors (Lipinski definition) is 2. The van der Waals surface area contributed by atoms with Gasteiger partial charge in [0, 0.05) is 30.9 Å². The van der Waals surface area contributed by atoms with E-state index in [0.717, 1.165) is 5.56 Å². The predicted molar refractivity (Wildman–Crippen MR) is 62.1 cm³/mol. The van der Waals surface area contributed by atoms with Gasteiger partial charge in [-0.15, -0.1) is 0 Å². The van der Waals surface area contributed by atoms with Crippen molar-refractivity contribution in [2.75, 3.05) is 0 Å². The number of aliphatic carboxylic acids is 1. The number of hydrogen-bond acceptors (Lipinski definition) is 3. The Morgan fingerprint density at radius 2 is 2.31 bits per heavy atom. The third kappa shape index (κ3) is 4.40. The Bertz CT molecular complexity index is 327. The van der Waals surface area contributed by atoms with E-state index in [1.807, 2.05) is 32.2 Å². The number of pyridine rings is 1. The van der Waals surface area contributed by atoms with Crippen LogP contribution in [0.15, 0.2) is 24.5 Å². The molecule has 1 heterocycles. The topological polar surface area (TPSA) is 62.2 Å². The zero-order valence-corrected chi connectivity index (χ0v) is 9.68. The zero-order valence-electron chi connectivity index (χ0n) is 9.68. The molecule has 0 spiro atoms. The van der Waals surface area contributed by atoms with Crippen molar-refractivity contribution in [3.63, 3.8) is 0 Å². The number of rotatable bonds is 6. The summed E-state index contributed by atoms with van der Waals surface area (Å²) in [5, 5.41) is 11.9. The van der Waals surface area contributed by atoms with Crippen LogP contribution in [-0.2, 0) is 4.79 Å². The molecule has 1 rings (SSSR count). The van der Waals surface area contributed by atoms with Crippen molar-refractivity contribution in [1.29, 1.82) is 0 Å². The number of aromatic nitrogens is 1. The van der Waals surface area contributed by atoms with Gasteiger partial charge in [0.05, 0.1) is 0 Å². The highest BCUT2D eigenvalue weighted by atomic mass is 16.4. The molecule has 0 fully saturated rings. The van der Waals surface area contributed by atoms with Crippen LogP contribution >= 0.6 is 0 Å². The maximum Gasteiger partial charge on any atom is 0.303 e. The Morgan fingerprint density at radius 1 is 1.56 bits per heavy atom. The van der Waals surface area contributed by atoms with Crippen LogP contribution in [0, 0.1) is 0 Å². The molecule has 0 saturated carbocycles. The number of nitrogens with zero attached hydrogens (tertiary/aromatic N) is 1. The molecule has 0 aromatic carbocycles. The molecule has 0 aliphatic heterocycles. The minimum atomic E-state index is -0.748. The third-order valence-corrected chi connectivity index (χ3v) is 2.51. The molecule has 0 bridgehead atoms. The smallest absolute Gasteiger partial charge is 0.303 e. The van der Waals surface area contributed by atoms with E-state index in [9.17, 15) is 4.79 Å². The standard InChI is InChI=1S/C12H18N2O2/c1-9(5-6-12(15)16)14-10(2)11-4-3-7-13-8-11/h3-4,7-10,14H,5-6H2,1-2H3,(H,15,16)/t9?,10-/m0/s1. The third-order valence-electron chi connectivity index (χ3n) is 2.51. The normalized spacial score (nSPS) is 14.4. The van der Waals surface area contributed by atoms with E-state index < -0.39 is 5.97 Å². The fourth-order valence-corrected chi connectivity index (χ4v) is 1.58. The van der Waals surface area contributed by atoms with Crippen LogP contribution in [0.25, 0.3) is 0 Å². The molecular weight excluding hydrogens is 204 g/mol. The van der Waals surface area contributed by atoms with Gasteiger partial charge in [0.25, 0.3) is 0 Å². The Hall–Kier alpha value is -1.42. The van der Waals surface area contributed by atoms with Gasteiger partial charge in [-0.05, 0) is 31.9 Å². The van der Waals surface area contributed by atoms with Crippen LogP contribution in [0.3, 0.4) is 0 Å². The second-order valence-corrected chi connectivity index (χ2v) is 4.01. The molecule has 0 aliphatic carbocycles. The molecule has 1 aromatic rings. The molecular formula is C12H18N2O2. The SMILES string of the molecule is CC(CCC(=O)O)N[C@@H](C)c1cccnc1. The van der Waals surface area contributed by atoms with Gasteiger partial charge in [0.2, 0.25) is 0 Å². The average molecular weight is 222 g/mol. The van der Waals surface area contributed by atoms with Crippen LogP contribution in [-0.4, -0.2) is 22.1 Å². The van der Waals surface area contributed by atoms with E-state index in [-0.39, 0.29) is 18.5 Å². The summed E-state index contributed by atoms with van der Waals surface area (Å²) in [7, 11) is 0. The molecule has 16 heavy (non-hydrogen) atoms. The monoisotopic (exact) mass is 222 g/mol. The van der Waals surface area contributed by atoms with E-state index in [1.165, 1.54) is 0 Å². The van der Waals surface area contributed by atoms with Gasteiger partial charge >= 0.3 is 5.97 Å². The number of carbonyl (C=O) groups is 1. The number of carboxylic acids is 1. The first kappa shape index (κ1) is 12.6. The summed E-state index contributed by atoms with van der Waals surface area (Å²) in [4.78, 5) is 14.5. The molecule has 1 unspecified atom stereocenters. The van der Waals surface area contributed by atoms with Gasteiger partial charge in [0.1, 0.15) is 0 Å². The van der Waals surface area contributed by atoms with Crippen molar-refractivity contribution >= 4 is 5.97 Å². The van der Waals surface area contributed by atoms with Gasteiger partial charge in [-0.3, -0.25) is 9.78 Å². The molecule has 1 aromatic heterocycles. The molecule has 0 saturated heterocycles. The summed E-state index contributed by atoms with van der Waals surface area (Å²) < 4.78 is 0. The minimum Gasteiger partial charge on any atom is -0.481 e. The van der Waals surface area contributed by atoms with Crippen molar-refractivity contribution in [3.05, 3.63) is 30.1 Å². The Morgan fingerprint density at radius 3 is 2.88 bits per heavy atom. The first-order valence-corrected chi connectivity index (χ1v) is 5.47. The molecule has 2 atom stereocenters. The van der Waals surface area contributed by atoms with E-state index in [2.05, 4.69) is 10.3 Å². The summed E-state index contributed by atoms with van der Waals surface area (Å²) >= 11 is 0. The van der Waals surface area contributed by atoms with Crippen molar-refractivity contribution in [3.8, 4) is 0 Å². The van der Waals surface area contributed by atoms with Gasteiger partial charge in [-0.25, -0.2) is 0 Å². The van der Waals surface area contributed by atoms with Crippen LogP contribution in [0.1, 0.15) is 38.3 Å². The van der Waals surface area contributed by atoms with Gasteiger partial charge in [-0.2, -0.15) is 0 Å². The fourth-order valence-electron chi connectivity index (χ4n) is 1.58. The maximum atomic E-state index is 10.4. The lowest BCUT2D eigenvalue weighted by Gasteiger charge is -2.19. The van der Waals surface area contributed by atoms with Crippen LogP contribution in [0.4, 0.5) is 0 Å². The summed E-state index contributed by atoms with van der Waals surface area (Å²) in [5.41, 5.74) is 1.12. The molecule has 4 nitrogen and oxygen atoms in total. The Kier molecular flexibility index (Phi) is 4.92. The van der Waals surface area contributed by atoms with Gasteiger partial charge in [0.15, 0.2) is 0 Å². The molecule has 88 valence electrons. The lowest BCUT2D eigenvalue weighted by molar-refractivity contribution is -0.137. The lowest BCUT2D eigenvalue weighted by Crippen LogP contribution is -2.29. The summed E-state index contributed by atoms with van der Waals surface area (Å²) in [6.45, 7) is 4.05. The zero-order chi connectivity index (χ0) is 12.0. The van der Waals surface area contributed by atoms with E-state index in [1.54, 1.807) is 6.20 Å². The molecule has 0 aliphatic rings. The molecule has 0 amide bonds. The van der Waals surface area contributed by atoms with Crippen molar-refractivity contribution < 1.29 is 9.90 Å². The fraction of sp³-hybridized carbons (Fsp3) is 0.500. The highest BCUT2D eigenvalue weighted by Gasteiger charge is 2.10. The first-order chi connectivity index (χ1) is 7.59. The highest BCUT2D eigenvalue weighted by Crippen LogP contribution is 2.12. The Balaban J connectivity index is 2.39. The van der Waals surface area contributed by atoms with Crippen LogP contribution < -0.4 is 5.32 Å². The average Bonchev–Trinajstić information content (AvgIpc) is 2.27. The van der Waals surface area contributed by atoms with E-state index in [0.29, 0.717) is 6.42 Å². The Labute approximate surface area is 95.7 Å². The molecule has 4 heteroatoms. The summed E-state index contributed by atoms with van der Waals surface area (Å²) in [5.74, 6) is -0.748. The lowest BCUT2D eigenvalue weighted by atomic mass is 10.1. The predicted octanol–water partition coefficient (Wildman–Crippen LogP) is 1.99. The van der Waals surface area contributed by atoms with E-state index >= 15 is 0 Å². The second-order valence-electron chi connectivity index (χ2n) is 4.01. The van der Waals surface area contributed by atoms with Crippen molar-refractivity contribution in [1.82, 2.24) is 10.3 Å². The van der Waals surface area contributed by atoms with Crippen LogP contribution in [0.5, 0.6) is 0 Å². The van der Waals surface area contributed by atoms with Gasteiger partial charge in [-0.1, -0.05) is 6.07 Å². The second kappa shape index (κ2) is 6.23. The number of nitrogens with one attached hydrogen (secondary N) is 1.